The topological polar surface area (TPSA) is 58.6 Å². The van der Waals surface area contributed by atoms with Gasteiger partial charge in [-0.05, 0) is 30.3 Å². The molecule has 0 unspecified atom stereocenters. The molecule has 3 aromatic rings. The number of carbonyl (C=O) groups excluding carboxylic acids is 2. The van der Waals surface area contributed by atoms with Crippen molar-refractivity contribution in [1.82, 2.24) is 0 Å². The Hall–Kier alpha value is -3.32. The summed E-state index contributed by atoms with van der Waals surface area (Å²) in [5.41, 5.74) is 1.90. The van der Waals surface area contributed by atoms with Gasteiger partial charge in [0.05, 0.1) is 24.1 Å². The maximum Gasteiger partial charge on any atom is 0.258 e. The molecule has 2 amide bonds. The summed E-state index contributed by atoms with van der Waals surface area (Å²) < 4.78 is 19.5. The van der Waals surface area contributed by atoms with Crippen molar-refractivity contribution in [1.29, 1.82) is 0 Å². The lowest BCUT2D eigenvalue weighted by atomic mass is 10.1. The number of rotatable bonds is 5. The number of ether oxygens (including phenoxy) is 1. The van der Waals surface area contributed by atoms with E-state index in [0.29, 0.717) is 22.9 Å². The second-order valence-electron chi connectivity index (χ2n) is 6.62. The fraction of sp³-hybridized carbons (Fsp3) is 0.130. The number of nitrogens with zero attached hydrogens (tertiary/aromatic N) is 1. The van der Waals surface area contributed by atoms with Gasteiger partial charge in [0.2, 0.25) is 5.91 Å². The van der Waals surface area contributed by atoms with Crippen LogP contribution in [0.25, 0.3) is 0 Å². The molecule has 0 radical (unpaired) electrons. The molecule has 1 saturated heterocycles. The van der Waals surface area contributed by atoms with E-state index in [2.05, 4.69) is 5.32 Å². The first kappa shape index (κ1) is 20.0. The highest BCUT2D eigenvalue weighted by molar-refractivity contribution is 8.00. The second kappa shape index (κ2) is 8.59. The van der Waals surface area contributed by atoms with Crippen LogP contribution in [0.1, 0.15) is 21.3 Å². The normalized spacial score (nSPS) is 15.9. The van der Waals surface area contributed by atoms with Gasteiger partial charge in [0, 0.05) is 11.3 Å². The summed E-state index contributed by atoms with van der Waals surface area (Å²) in [6.07, 6.45) is 0. The number of methoxy groups -OCH3 is 1. The highest BCUT2D eigenvalue weighted by Crippen LogP contribution is 2.46. The van der Waals surface area contributed by atoms with Crippen molar-refractivity contribution in [2.45, 2.75) is 5.37 Å². The molecular weight excluding hydrogens is 403 g/mol. The average molecular weight is 422 g/mol. The summed E-state index contributed by atoms with van der Waals surface area (Å²) in [7, 11) is 1.56. The van der Waals surface area contributed by atoms with Crippen LogP contribution >= 0.6 is 11.8 Å². The van der Waals surface area contributed by atoms with Crippen LogP contribution in [0, 0.1) is 5.82 Å². The molecule has 1 heterocycles. The van der Waals surface area contributed by atoms with Crippen LogP contribution < -0.4 is 15.0 Å². The van der Waals surface area contributed by atoms with Crippen LogP contribution in [0.15, 0.2) is 72.8 Å². The van der Waals surface area contributed by atoms with E-state index in [1.165, 1.54) is 30.0 Å². The van der Waals surface area contributed by atoms with E-state index in [-0.39, 0.29) is 16.8 Å². The van der Waals surface area contributed by atoms with Gasteiger partial charge in [-0.1, -0.05) is 42.5 Å². The molecule has 1 aliphatic rings. The molecular formula is C23H19FN2O3S. The number of carbonyl (C=O) groups is 2. The summed E-state index contributed by atoms with van der Waals surface area (Å²) in [5.74, 6) is -0.290. The molecule has 5 nitrogen and oxygen atoms in total. The van der Waals surface area contributed by atoms with E-state index >= 15 is 0 Å². The summed E-state index contributed by atoms with van der Waals surface area (Å²) >= 11 is 1.46. The van der Waals surface area contributed by atoms with Crippen molar-refractivity contribution in [3.63, 3.8) is 0 Å². The number of anilines is 2. The molecule has 3 aromatic carbocycles. The highest BCUT2D eigenvalue weighted by atomic mass is 32.2. The molecule has 0 aromatic heterocycles. The van der Waals surface area contributed by atoms with Gasteiger partial charge in [-0.2, -0.15) is 0 Å². The van der Waals surface area contributed by atoms with Crippen LogP contribution in [-0.4, -0.2) is 24.7 Å². The highest BCUT2D eigenvalue weighted by Gasteiger charge is 2.36. The standard InChI is InChI=1S/C23H19FN2O3S/c1-29-20-13-7-6-12-19(20)26-21(27)14-30-23(26)16-9-3-5-11-18(16)25-22(28)15-8-2-4-10-17(15)24/h2-13,23H,14H2,1H3,(H,25,28)/t23-/m1/s1. The number of benzene rings is 3. The number of amides is 2. The largest absolute Gasteiger partial charge is 0.495 e. The van der Waals surface area contributed by atoms with E-state index in [1.54, 1.807) is 36.3 Å². The molecule has 0 bridgehead atoms. The minimum absolute atomic E-state index is 0.0379. The maximum absolute atomic E-state index is 14.0. The number of nitrogens with one attached hydrogen (secondary N) is 1. The maximum atomic E-state index is 14.0. The number of halogens is 1. The Labute approximate surface area is 177 Å². The van der Waals surface area contributed by atoms with Gasteiger partial charge in [-0.15, -0.1) is 11.8 Å². The van der Waals surface area contributed by atoms with Gasteiger partial charge in [-0.3, -0.25) is 14.5 Å². The molecule has 7 heteroatoms. The summed E-state index contributed by atoms with van der Waals surface area (Å²) in [6.45, 7) is 0. The first-order valence-electron chi connectivity index (χ1n) is 9.31. The van der Waals surface area contributed by atoms with Crippen molar-refractivity contribution in [2.75, 3.05) is 23.1 Å². The molecule has 0 saturated carbocycles. The zero-order chi connectivity index (χ0) is 21.1. The van der Waals surface area contributed by atoms with Crippen LogP contribution in [0.5, 0.6) is 5.75 Å². The molecule has 1 N–H and O–H groups in total. The molecule has 152 valence electrons. The molecule has 0 spiro atoms. The van der Waals surface area contributed by atoms with Crippen molar-refractivity contribution < 1.29 is 18.7 Å². The lowest BCUT2D eigenvalue weighted by molar-refractivity contribution is -0.115. The van der Waals surface area contributed by atoms with Gasteiger partial charge in [0.15, 0.2) is 0 Å². The second-order valence-corrected chi connectivity index (χ2v) is 7.69. The minimum atomic E-state index is -0.589. The Morgan fingerprint density at radius 1 is 1.07 bits per heavy atom. The van der Waals surface area contributed by atoms with Gasteiger partial charge in [0.1, 0.15) is 16.9 Å². The van der Waals surface area contributed by atoms with E-state index < -0.39 is 11.7 Å². The SMILES string of the molecule is COc1ccccc1N1C(=O)CS[C@@H]1c1ccccc1NC(=O)c1ccccc1F. The molecule has 1 aliphatic heterocycles. The third kappa shape index (κ3) is 3.76. The van der Waals surface area contributed by atoms with Gasteiger partial charge < -0.3 is 10.1 Å². The zero-order valence-electron chi connectivity index (χ0n) is 16.2. The van der Waals surface area contributed by atoms with E-state index in [1.807, 2.05) is 30.3 Å². The lowest BCUT2D eigenvalue weighted by Gasteiger charge is -2.27. The van der Waals surface area contributed by atoms with Crippen LogP contribution in [0.2, 0.25) is 0 Å². The monoisotopic (exact) mass is 422 g/mol. The van der Waals surface area contributed by atoms with Crippen LogP contribution in [0.4, 0.5) is 15.8 Å². The molecule has 0 aliphatic carbocycles. The first-order chi connectivity index (χ1) is 14.6. The van der Waals surface area contributed by atoms with E-state index in [9.17, 15) is 14.0 Å². The third-order valence-corrected chi connectivity index (χ3v) is 6.00. The first-order valence-corrected chi connectivity index (χ1v) is 10.4. The Kier molecular flexibility index (Phi) is 5.72. The van der Waals surface area contributed by atoms with Crippen molar-refractivity contribution in [2.24, 2.45) is 0 Å². The Morgan fingerprint density at radius 2 is 1.77 bits per heavy atom. The molecule has 4 rings (SSSR count). The quantitative estimate of drug-likeness (QED) is 0.638. The number of hydrogen-bond donors (Lipinski definition) is 1. The van der Waals surface area contributed by atoms with Crippen molar-refractivity contribution in [3.05, 3.63) is 89.7 Å². The van der Waals surface area contributed by atoms with Gasteiger partial charge >= 0.3 is 0 Å². The van der Waals surface area contributed by atoms with E-state index in [4.69, 9.17) is 4.74 Å². The van der Waals surface area contributed by atoms with Gasteiger partial charge in [0.25, 0.3) is 5.91 Å². The smallest absolute Gasteiger partial charge is 0.258 e. The number of thioether (sulfide) groups is 1. The summed E-state index contributed by atoms with van der Waals surface area (Å²) in [4.78, 5) is 27.1. The Morgan fingerprint density at radius 3 is 2.57 bits per heavy atom. The van der Waals surface area contributed by atoms with Crippen LogP contribution in [0.3, 0.4) is 0 Å². The summed E-state index contributed by atoms with van der Waals surface area (Å²) in [6, 6.07) is 20.4. The fourth-order valence-electron chi connectivity index (χ4n) is 3.40. The predicted octanol–water partition coefficient (Wildman–Crippen LogP) is 4.87. The summed E-state index contributed by atoms with van der Waals surface area (Å²) in [5, 5.41) is 2.44. The number of hydrogen-bond acceptors (Lipinski definition) is 4. The van der Waals surface area contributed by atoms with Gasteiger partial charge in [-0.25, -0.2) is 4.39 Å². The number of para-hydroxylation sites is 3. The van der Waals surface area contributed by atoms with Crippen LogP contribution in [-0.2, 0) is 4.79 Å². The zero-order valence-corrected chi connectivity index (χ0v) is 17.0. The molecule has 30 heavy (non-hydrogen) atoms. The minimum Gasteiger partial charge on any atom is -0.495 e. The Bertz CT molecular complexity index is 1110. The van der Waals surface area contributed by atoms with Crippen molar-refractivity contribution >= 4 is 35.0 Å². The molecule has 1 fully saturated rings. The lowest BCUT2D eigenvalue weighted by Crippen LogP contribution is -2.29. The average Bonchev–Trinajstić information content (AvgIpc) is 3.15. The molecule has 1 atom stereocenters. The fourth-order valence-corrected chi connectivity index (χ4v) is 4.61. The Balaban J connectivity index is 1.70. The predicted molar refractivity (Wildman–Crippen MR) is 116 cm³/mol. The van der Waals surface area contributed by atoms with E-state index in [0.717, 1.165) is 5.56 Å². The van der Waals surface area contributed by atoms with Crippen molar-refractivity contribution in [3.8, 4) is 5.75 Å². The third-order valence-electron chi connectivity index (χ3n) is 4.81.